The van der Waals surface area contributed by atoms with Gasteiger partial charge in [0.2, 0.25) is 0 Å². The second kappa shape index (κ2) is 18.8. The molecule has 4 aromatic carbocycles. The van der Waals surface area contributed by atoms with Crippen molar-refractivity contribution in [2.75, 3.05) is 0 Å². The predicted octanol–water partition coefficient (Wildman–Crippen LogP) is 9.03. The third-order valence-corrected chi connectivity index (χ3v) is 12.3. The fraction of sp³-hybridized carbons (Fsp3) is 0.280. The molecule has 14 heteroatoms. The van der Waals surface area contributed by atoms with Crippen molar-refractivity contribution in [3.05, 3.63) is 156 Å². The molecule has 2 amide bonds. The number of oxazole rings is 1. The van der Waals surface area contributed by atoms with Crippen LogP contribution in [0.25, 0.3) is 44.5 Å². The second-order valence-electron chi connectivity index (χ2n) is 16.6. The summed E-state index contributed by atoms with van der Waals surface area (Å²) in [6, 6.07) is 26.5. The van der Waals surface area contributed by atoms with Crippen LogP contribution in [-0.2, 0) is 13.1 Å². The maximum Gasteiger partial charge on any atom is 0.253 e. The van der Waals surface area contributed by atoms with Gasteiger partial charge in [0.25, 0.3) is 11.8 Å². The molecule has 0 radical (unpaired) electrons. The van der Waals surface area contributed by atoms with Crippen molar-refractivity contribution < 1.29 is 37.5 Å². The van der Waals surface area contributed by atoms with Crippen LogP contribution in [0.15, 0.2) is 131 Å². The molecule has 2 aliphatic carbocycles. The van der Waals surface area contributed by atoms with Crippen LogP contribution >= 0.6 is 0 Å². The number of hydrogen-bond donors (Lipinski definition) is 4. The molecule has 2 aliphatic rings. The highest BCUT2D eigenvalue weighted by Crippen LogP contribution is 2.30. The van der Waals surface area contributed by atoms with Crippen molar-refractivity contribution in [1.29, 1.82) is 0 Å². The van der Waals surface area contributed by atoms with Gasteiger partial charge in [0, 0.05) is 53.4 Å². The fourth-order valence-corrected chi connectivity index (χ4v) is 8.94. The van der Waals surface area contributed by atoms with Gasteiger partial charge in [0.1, 0.15) is 11.6 Å². The number of halogens is 2. The SMILES string of the molecule is O=C(N[C@H]1CCCC[C@@H]1O)c1cn(Cc2ccc(-c3ccno3)cc2)c2cccc(F)c12.O=C(N[C@H]1CCCC[C@@H]1O)c1cn(Cc2ccc(-c3cnco3)cc2)c2cccc(F)c12. The number of nitrogens with zero attached hydrogens (tertiary/aromatic N) is 4. The number of aromatic nitrogens is 4. The number of aliphatic hydroxyl groups is 2. The molecule has 328 valence electrons. The molecule has 8 aromatic rings. The molecule has 12 nitrogen and oxygen atoms in total. The average Bonchev–Trinajstić information content (AvgIpc) is 4.15. The summed E-state index contributed by atoms with van der Waals surface area (Å²) in [7, 11) is 0. The van der Waals surface area contributed by atoms with Gasteiger partial charge in [-0.1, -0.05) is 91.5 Å². The molecule has 0 saturated heterocycles. The van der Waals surface area contributed by atoms with E-state index < -0.39 is 23.8 Å². The third kappa shape index (κ3) is 9.10. The van der Waals surface area contributed by atoms with E-state index in [9.17, 15) is 28.6 Å². The molecule has 4 heterocycles. The summed E-state index contributed by atoms with van der Waals surface area (Å²) in [5.74, 6) is -0.203. The predicted molar refractivity (Wildman–Crippen MR) is 237 cm³/mol. The van der Waals surface area contributed by atoms with Gasteiger partial charge in [-0.2, -0.15) is 0 Å². The largest absolute Gasteiger partial charge is 0.444 e. The van der Waals surface area contributed by atoms with Crippen LogP contribution in [0.1, 0.15) is 83.2 Å². The van der Waals surface area contributed by atoms with E-state index in [2.05, 4.69) is 20.8 Å². The lowest BCUT2D eigenvalue weighted by atomic mass is 9.92. The highest BCUT2D eigenvalue weighted by Gasteiger charge is 2.28. The van der Waals surface area contributed by atoms with Crippen LogP contribution in [0.5, 0.6) is 0 Å². The number of aliphatic hydroxyl groups excluding tert-OH is 2. The van der Waals surface area contributed by atoms with Gasteiger partial charge in [0.15, 0.2) is 17.9 Å². The summed E-state index contributed by atoms with van der Waals surface area (Å²) in [4.78, 5) is 30.0. The van der Waals surface area contributed by atoms with Crippen molar-refractivity contribution in [3.63, 3.8) is 0 Å². The van der Waals surface area contributed by atoms with Crippen LogP contribution in [0, 0.1) is 11.6 Å². The van der Waals surface area contributed by atoms with Crippen LogP contribution in [0.4, 0.5) is 8.78 Å². The number of rotatable bonds is 10. The molecule has 0 spiro atoms. The Bertz CT molecular complexity index is 2660. The number of amides is 2. The molecular formula is C50H48F2N6O6. The normalized spacial score (nSPS) is 18.7. The minimum atomic E-state index is -0.561. The highest BCUT2D eigenvalue weighted by atomic mass is 19.1. The summed E-state index contributed by atoms with van der Waals surface area (Å²) in [6.07, 6.45) is 13.6. The molecular weight excluding hydrogens is 819 g/mol. The molecule has 64 heavy (non-hydrogen) atoms. The first-order valence-corrected chi connectivity index (χ1v) is 21.7. The Morgan fingerprint density at radius 2 is 1.12 bits per heavy atom. The van der Waals surface area contributed by atoms with Crippen LogP contribution < -0.4 is 10.6 Å². The summed E-state index contributed by atoms with van der Waals surface area (Å²) in [6.45, 7) is 0.964. The van der Waals surface area contributed by atoms with Gasteiger partial charge < -0.3 is 38.9 Å². The lowest BCUT2D eigenvalue weighted by Gasteiger charge is -2.28. The Labute approximate surface area is 367 Å². The lowest BCUT2D eigenvalue weighted by molar-refractivity contribution is 0.0716. The Morgan fingerprint density at radius 3 is 1.56 bits per heavy atom. The highest BCUT2D eigenvalue weighted by molar-refractivity contribution is 6.08. The summed E-state index contributed by atoms with van der Waals surface area (Å²) in [5, 5.41) is 30.6. The van der Waals surface area contributed by atoms with E-state index in [-0.39, 0.29) is 35.0 Å². The summed E-state index contributed by atoms with van der Waals surface area (Å²) in [5.41, 5.74) is 5.72. The van der Waals surface area contributed by atoms with E-state index in [0.717, 1.165) is 60.8 Å². The third-order valence-electron chi connectivity index (χ3n) is 12.3. The zero-order chi connectivity index (χ0) is 44.2. The monoisotopic (exact) mass is 866 g/mol. The molecule has 10 rings (SSSR count). The van der Waals surface area contributed by atoms with Crippen molar-refractivity contribution in [3.8, 4) is 22.6 Å². The van der Waals surface area contributed by atoms with E-state index in [0.29, 0.717) is 59.3 Å². The van der Waals surface area contributed by atoms with E-state index in [1.807, 2.05) is 69.8 Å². The molecule has 0 unspecified atom stereocenters. The maximum atomic E-state index is 14.8. The second-order valence-corrected chi connectivity index (χ2v) is 16.6. The van der Waals surface area contributed by atoms with E-state index in [1.165, 1.54) is 18.5 Å². The summed E-state index contributed by atoms with van der Waals surface area (Å²) < 4.78 is 43.8. The quantitative estimate of drug-likeness (QED) is 0.106. The molecule has 2 fully saturated rings. The zero-order valence-corrected chi connectivity index (χ0v) is 35.0. The summed E-state index contributed by atoms with van der Waals surface area (Å²) >= 11 is 0. The van der Waals surface area contributed by atoms with Crippen LogP contribution in [0.3, 0.4) is 0 Å². The first kappa shape index (κ1) is 42.4. The van der Waals surface area contributed by atoms with Gasteiger partial charge in [-0.05, 0) is 61.1 Å². The zero-order valence-electron chi connectivity index (χ0n) is 35.0. The number of benzene rings is 4. The van der Waals surface area contributed by atoms with Crippen molar-refractivity contribution in [2.45, 2.75) is 88.7 Å². The van der Waals surface area contributed by atoms with Gasteiger partial charge >= 0.3 is 0 Å². The Balaban J connectivity index is 0.000000162. The molecule has 0 bridgehead atoms. The molecule has 4 N–H and O–H groups in total. The molecule has 2 saturated carbocycles. The van der Waals surface area contributed by atoms with E-state index in [1.54, 1.807) is 43.0 Å². The van der Waals surface area contributed by atoms with Crippen LogP contribution in [-0.4, -0.2) is 65.6 Å². The Kier molecular flexibility index (Phi) is 12.5. The lowest BCUT2D eigenvalue weighted by Crippen LogP contribution is -2.45. The fourth-order valence-electron chi connectivity index (χ4n) is 8.94. The van der Waals surface area contributed by atoms with Gasteiger partial charge in [-0.3, -0.25) is 9.59 Å². The minimum absolute atomic E-state index is 0.286. The van der Waals surface area contributed by atoms with E-state index >= 15 is 0 Å². The van der Waals surface area contributed by atoms with Gasteiger partial charge in [0.05, 0.1) is 58.8 Å². The first-order chi connectivity index (χ1) is 31.2. The first-order valence-electron chi connectivity index (χ1n) is 21.7. The minimum Gasteiger partial charge on any atom is -0.444 e. The standard InChI is InChI=1S/2C25H24FN3O3/c26-19-4-3-6-21-24(19)18(25(31)28-20-5-1-2-7-22(20)30)14-29(21)13-16-8-10-17(11-9-16)23-12-27-15-32-23;26-19-4-3-6-21-24(19)18(25(31)28-20-5-1-2-7-22(20)30)15-29(21)14-16-8-10-17(11-9-16)23-12-13-27-32-23/h3-4,6,8-12,14-15,20,22,30H,1-2,5,7,13H2,(H,28,31);3-4,6,8-13,15,20,22,30H,1-2,5,7,14H2,(H,28,31)/t2*20-,22-/m00/s1. The van der Waals surface area contributed by atoms with Gasteiger partial charge in [-0.25, -0.2) is 13.8 Å². The van der Waals surface area contributed by atoms with E-state index in [4.69, 9.17) is 8.94 Å². The number of hydrogen-bond acceptors (Lipinski definition) is 8. The molecule has 0 aliphatic heterocycles. The van der Waals surface area contributed by atoms with Crippen molar-refractivity contribution in [2.24, 2.45) is 0 Å². The number of carbonyl (C=O) groups is 2. The maximum absolute atomic E-state index is 14.8. The number of carbonyl (C=O) groups excluding carboxylic acids is 2. The Morgan fingerprint density at radius 1 is 0.641 bits per heavy atom. The van der Waals surface area contributed by atoms with Crippen LogP contribution in [0.2, 0.25) is 0 Å². The molecule has 4 atom stereocenters. The number of nitrogens with one attached hydrogen (secondary N) is 2. The Hall–Kier alpha value is -6.90. The average molecular weight is 867 g/mol. The van der Waals surface area contributed by atoms with Gasteiger partial charge in [-0.15, -0.1) is 0 Å². The molecule has 4 aromatic heterocycles. The smallest absolute Gasteiger partial charge is 0.253 e. The number of fused-ring (bicyclic) bond motifs is 2. The van der Waals surface area contributed by atoms with Crippen molar-refractivity contribution in [1.82, 2.24) is 29.9 Å². The topological polar surface area (TPSA) is 161 Å². The van der Waals surface area contributed by atoms with Crippen molar-refractivity contribution >= 4 is 33.6 Å².